The number of piperazine rings is 1. The van der Waals surface area contributed by atoms with Crippen molar-refractivity contribution >= 4 is 17.5 Å². The minimum absolute atomic E-state index is 0.641. The first-order valence-electron chi connectivity index (χ1n) is 6.52. The molecule has 2 N–H and O–H groups in total. The fourth-order valence-electron chi connectivity index (χ4n) is 2.13. The Hall–Kier alpha value is -2.14. The number of nitrogens with zero attached hydrogens (tertiary/aromatic N) is 3. The van der Waals surface area contributed by atoms with Crippen LogP contribution in [0.4, 0.5) is 17.5 Å². The smallest absolute Gasteiger partial charge is 0.229 e. The molecule has 1 saturated heterocycles. The van der Waals surface area contributed by atoms with Crippen LogP contribution in [0.3, 0.4) is 0 Å². The van der Waals surface area contributed by atoms with Crippen LogP contribution in [-0.4, -0.2) is 36.1 Å². The van der Waals surface area contributed by atoms with E-state index in [0.717, 1.165) is 37.7 Å². The Morgan fingerprint density at radius 1 is 1.05 bits per heavy atom. The van der Waals surface area contributed by atoms with Crippen LogP contribution >= 0.6 is 0 Å². The first-order chi connectivity index (χ1) is 9.42. The summed E-state index contributed by atoms with van der Waals surface area (Å²) in [6.07, 6.45) is 1.80. The topological polar surface area (TPSA) is 53.1 Å². The van der Waals surface area contributed by atoms with E-state index >= 15 is 0 Å². The number of hydrogen-bond acceptors (Lipinski definition) is 5. The molecule has 0 unspecified atom stereocenters. The predicted octanol–water partition coefficient (Wildman–Crippen LogP) is 1.63. The van der Waals surface area contributed by atoms with Crippen LogP contribution in [0.5, 0.6) is 0 Å². The van der Waals surface area contributed by atoms with E-state index < -0.39 is 0 Å². The zero-order valence-electron chi connectivity index (χ0n) is 10.7. The largest absolute Gasteiger partial charge is 0.354 e. The number of benzene rings is 1. The van der Waals surface area contributed by atoms with E-state index in [1.807, 2.05) is 36.4 Å². The molecule has 0 radical (unpaired) electrons. The average molecular weight is 255 g/mol. The summed E-state index contributed by atoms with van der Waals surface area (Å²) in [4.78, 5) is 11.1. The van der Waals surface area contributed by atoms with Gasteiger partial charge >= 0.3 is 0 Å². The number of para-hydroxylation sites is 1. The molecule has 1 aliphatic rings. The maximum atomic E-state index is 4.57. The maximum Gasteiger partial charge on any atom is 0.229 e. The van der Waals surface area contributed by atoms with Crippen molar-refractivity contribution in [3.8, 4) is 0 Å². The third-order valence-corrected chi connectivity index (χ3v) is 3.11. The van der Waals surface area contributed by atoms with Gasteiger partial charge in [-0.15, -0.1) is 0 Å². The van der Waals surface area contributed by atoms with Crippen molar-refractivity contribution in [3.63, 3.8) is 0 Å². The van der Waals surface area contributed by atoms with Crippen molar-refractivity contribution < 1.29 is 0 Å². The van der Waals surface area contributed by atoms with Gasteiger partial charge in [0.15, 0.2) is 0 Å². The minimum Gasteiger partial charge on any atom is -0.354 e. The Kier molecular flexibility index (Phi) is 3.56. The quantitative estimate of drug-likeness (QED) is 0.873. The predicted molar refractivity (Wildman–Crippen MR) is 76.8 cm³/mol. The van der Waals surface area contributed by atoms with Gasteiger partial charge in [-0.25, -0.2) is 4.98 Å². The van der Waals surface area contributed by atoms with Crippen molar-refractivity contribution in [3.05, 3.63) is 42.6 Å². The van der Waals surface area contributed by atoms with E-state index in [1.54, 1.807) is 6.20 Å². The first kappa shape index (κ1) is 11.9. The highest BCUT2D eigenvalue weighted by Gasteiger charge is 2.12. The summed E-state index contributed by atoms with van der Waals surface area (Å²) in [5, 5.41) is 6.56. The lowest BCUT2D eigenvalue weighted by atomic mass is 10.3. The summed E-state index contributed by atoms with van der Waals surface area (Å²) in [6, 6.07) is 11.9. The molecule has 0 aliphatic carbocycles. The number of anilines is 3. The Balaban J connectivity index is 1.76. The van der Waals surface area contributed by atoms with E-state index in [9.17, 15) is 0 Å². The highest BCUT2D eigenvalue weighted by Crippen LogP contribution is 2.16. The molecular formula is C14H17N5. The van der Waals surface area contributed by atoms with Gasteiger partial charge in [0, 0.05) is 38.1 Å². The lowest BCUT2D eigenvalue weighted by molar-refractivity contribution is 0.585. The second kappa shape index (κ2) is 5.67. The van der Waals surface area contributed by atoms with E-state index in [4.69, 9.17) is 0 Å². The van der Waals surface area contributed by atoms with Gasteiger partial charge in [-0.1, -0.05) is 18.2 Å². The van der Waals surface area contributed by atoms with Crippen molar-refractivity contribution in [2.24, 2.45) is 0 Å². The summed E-state index contributed by atoms with van der Waals surface area (Å²) < 4.78 is 0. The minimum atomic E-state index is 0.641. The Labute approximate surface area is 112 Å². The molecule has 1 aromatic carbocycles. The van der Waals surface area contributed by atoms with Crippen LogP contribution in [0.1, 0.15) is 0 Å². The summed E-state index contributed by atoms with van der Waals surface area (Å²) in [6.45, 7) is 3.99. The number of hydrogen-bond donors (Lipinski definition) is 2. The van der Waals surface area contributed by atoms with Gasteiger partial charge in [0.05, 0.1) is 0 Å². The van der Waals surface area contributed by atoms with Crippen LogP contribution in [0.2, 0.25) is 0 Å². The molecule has 19 heavy (non-hydrogen) atoms. The third-order valence-electron chi connectivity index (χ3n) is 3.11. The maximum absolute atomic E-state index is 4.57. The lowest BCUT2D eigenvalue weighted by Gasteiger charge is -2.28. The van der Waals surface area contributed by atoms with Crippen LogP contribution < -0.4 is 15.5 Å². The molecule has 0 amide bonds. The van der Waals surface area contributed by atoms with Crippen LogP contribution in [0, 0.1) is 0 Å². The molecular weight excluding hydrogens is 238 g/mol. The molecule has 0 bridgehead atoms. The molecule has 0 saturated carbocycles. The summed E-state index contributed by atoms with van der Waals surface area (Å²) in [5.74, 6) is 1.62. The Morgan fingerprint density at radius 2 is 1.84 bits per heavy atom. The second-order valence-electron chi connectivity index (χ2n) is 4.47. The summed E-state index contributed by atoms with van der Waals surface area (Å²) >= 11 is 0. The van der Waals surface area contributed by atoms with Crippen LogP contribution in [0.25, 0.3) is 0 Å². The molecule has 5 heteroatoms. The molecule has 98 valence electrons. The van der Waals surface area contributed by atoms with Crippen molar-refractivity contribution in [1.82, 2.24) is 15.3 Å². The highest BCUT2D eigenvalue weighted by molar-refractivity contribution is 5.54. The zero-order valence-corrected chi connectivity index (χ0v) is 10.7. The van der Waals surface area contributed by atoms with Gasteiger partial charge in [0.1, 0.15) is 5.82 Å². The molecule has 2 heterocycles. The molecule has 2 aromatic rings. The Morgan fingerprint density at radius 3 is 2.63 bits per heavy atom. The third kappa shape index (κ3) is 3.00. The monoisotopic (exact) mass is 255 g/mol. The van der Waals surface area contributed by atoms with E-state index in [-0.39, 0.29) is 0 Å². The lowest BCUT2D eigenvalue weighted by Crippen LogP contribution is -2.43. The number of nitrogens with one attached hydrogen (secondary N) is 2. The standard InChI is InChI=1S/C14H17N5/c1-2-4-12(5-3-1)17-14-16-7-6-13(18-14)19-10-8-15-9-11-19/h1-7,15H,8-11H2,(H,16,17,18). The average Bonchev–Trinajstić information content (AvgIpc) is 2.49. The number of aromatic nitrogens is 2. The second-order valence-corrected chi connectivity index (χ2v) is 4.47. The first-order valence-corrected chi connectivity index (χ1v) is 6.52. The van der Waals surface area contributed by atoms with Crippen molar-refractivity contribution in [2.45, 2.75) is 0 Å². The normalized spacial score (nSPS) is 15.3. The molecule has 3 rings (SSSR count). The van der Waals surface area contributed by atoms with Crippen molar-refractivity contribution in [2.75, 3.05) is 36.4 Å². The van der Waals surface area contributed by atoms with Gasteiger partial charge in [-0.05, 0) is 18.2 Å². The van der Waals surface area contributed by atoms with Gasteiger partial charge in [-0.3, -0.25) is 0 Å². The Bertz CT molecular complexity index is 522. The van der Waals surface area contributed by atoms with Crippen molar-refractivity contribution in [1.29, 1.82) is 0 Å². The van der Waals surface area contributed by atoms with Crippen LogP contribution in [-0.2, 0) is 0 Å². The summed E-state index contributed by atoms with van der Waals surface area (Å²) in [7, 11) is 0. The van der Waals surface area contributed by atoms with E-state index in [0.29, 0.717) is 5.95 Å². The molecule has 1 aromatic heterocycles. The molecule has 0 atom stereocenters. The van der Waals surface area contributed by atoms with Gasteiger partial charge < -0.3 is 15.5 Å². The van der Waals surface area contributed by atoms with Crippen LogP contribution in [0.15, 0.2) is 42.6 Å². The highest BCUT2D eigenvalue weighted by atomic mass is 15.3. The zero-order chi connectivity index (χ0) is 12.9. The van der Waals surface area contributed by atoms with Gasteiger partial charge in [0.2, 0.25) is 5.95 Å². The van der Waals surface area contributed by atoms with Gasteiger partial charge in [-0.2, -0.15) is 4.98 Å². The van der Waals surface area contributed by atoms with E-state index in [2.05, 4.69) is 25.5 Å². The fourth-order valence-corrected chi connectivity index (χ4v) is 2.13. The molecule has 5 nitrogen and oxygen atoms in total. The fraction of sp³-hybridized carbons (Fsp3) is 0.286. The molecule has 1 fully saturated rings. The van der Waals surface area contributed by atoms with Gasteiger partial charge in [0.25, 0.3) is 0 Å². The number of rotatable bonds is 3. The van der Waals surface area contributed by atoms with E-state index in [1.165, 1.54) is 0 Å². The SMILES string of the molecule is c1ccc(Nc2nccc(N3CCNCC3)n2)cc1. The summed E-state index contributed by atoms with van der Waals surface area (Å²) in [5.41, 5.74) is 1.000. The molecule has 0 spiro atoms. The molecule has 1 aliphatic heterocycles.